The van der Waals surface area contributed by atoms with Gasteiger partial charge in [0.2, 0.25) is 0 Å². The minimum absolute atomic E-state index is 0.279. The second-order valence-corrected chi connectivity index (χ2v) is 5.97. The quantitative estimate of drug-likeness (QED) is 0.767. The lowest BCUT2D eigenvalue weighted by atomic mass is 10.2. The average Bonchev–Trinajstić information content (AvgIpc) is 2.97. The van der Waals surface area contributed by atoms with Gasteiger partial charge in [-0.05, 0) is 41.1 Å². The minimum atomic E-state index is -0.279. The van der Waals surface area contributed by atoms with Gasteiger partial charge in [0, 0.05) is 29.5 Å². The van der Waals surface area contributed by atoms with Crippen molar-refractivity contribution in [2.24, 2.45) is 7.05 Å². The summed E-state index contributed by atoms with van der Waals surface area (Å²) in [6, 6.07) is 7.14. The molecule has 0 saturated carbocycles. The second-order valence-electron chi connectivity index (χ2n) is 5.05. The third-order valence-corrected chi connectivity index (χ3v) is 3.72. The third-order valence-electron chi connectivity index (χ3n) is 3.28. The molecule has 0 spiro atoms. The van der Waals surface area contributed by atoms with Crippen LogP contribution >= 0.6 is 15.9 Å². The molecule has 0 atom stereocenters. The lowest BCUT2D eigenvalue weighted by molar-refractivity contribution is 0.102. The van der Waals surface area contributed by atoms with Crippen LogP contribution in [0.5, 0.6) is 0 Å². The number of pyridine rings is 2. The van der Waals surface area contributed by atoms with Crippen molar-refractivity contribution < 1.29 is 4.79 Å². The van der Waals surface area contributed by atoms with Crippen LogP contribution in [0.3, 0.4) is 0 Å². The Labute approximate surface area is 141 Å². The number of amides is 1. The maximum atomic E-state index is 12.4. The highest BCUT2D eigenvalue weighted by Crippen LogP contribution is 2.20. The van der Waals surface area contributed by atoms with Gasteiger partial charge in [-0.15, -0.1) is 0 Å². The normalized spacial score (nSPS) is 10.6. The summed E-state index contributed by atoms with van der Waals surface area (Å²) in [6.45, 7) is 1.83. The van der Waals surface area contributed by atoms with E-state index < -0.39 is 0 Å². The molecule has 116 valence electrons. The Hall–Kier alpha value is -2.54. The van der Waals surface area contributed by atoms with Gasteiger partial charge in [-0.2, -0.15) is 5.10 Å². The Morgan fingerprint density at radius 3 is 2.87 bits per heavy atom. The van der Waals surface area contributed by atoms with Gasteiger partial charge >= 0.3 is 0 Å². The summed E-state index contributed by atoms with van der Waals surface area (Å²) >= 11 is 3.35. The minimum Gasteiger partial charge on any atom is -0.319 e. The zero-order valence-electron chi connectivity index (χ0n) is 12.6. The lowest BCUT2D eigenvalue weighted by Crippen LogP contribution is -2.15. The molecule has 1 amide bonds. The number of aromatic nitrogens is 4. The number of nitrogens with zero attached hydrogens (tertiary/aromatic N) is 4. The van der Waals surface area contributed by atoms with Gasteiger partial charge in [0.15, 0.2) is 0 Å². The maximum absolute atomic E-state index is 12.4. The fourth-order valence-electron chi connectivity index (χ4n) is 2.10. The van der Waals surface area contributed by atoms with Crippen LogP contribution in [0.15, 0.2) is 47.3 Å². The fourth-order valence-corrected chi connectivity index (χ4v) is 2.43. The third kappa shape index (κ3) is 3.45. The Bertz CT molecular complexity index is 874. The van der Waals surface area contributed by atoms with Crippen LogP contribution in [0.2, 0.25) is 0 Å². The number of aryl methyl sites for hydroxylation is 2. The van der Waals surface area contributed by atoms with Crippen LogP contribution in [-0.2, 0) is 7.05 Å². The highest BCUT2D eigenvalue weighted by molar-refractivity contribution is 9.10. The van der Waals surface area contributed by atoms with Crippen LogP contribution in [-0.4, -0.2) is 25.7 Å². The molecule has 6 nitrogen and oxygen atoms in total. The molecule has 0 fully saturated rings. The molecule has 7 heteroatoms. The topological polar surface area (TPSA) is 72.7 Å². The first-order valence-electron chi connectivity index (χ1n) is 6.92. The Kier molecular flexibility index (Phi) is 4.20. The molecule has 0 aromatic carbocycles. The number of nitrogens with one attached hydrogen (secondary N) is 1. The molecule has 0 radical (unpaired) electrons. The molecule has 23 heavy (non-hydrogen) atoms. The van der Waals surface area contributed by atoms with E-state index in [0.717, 1.165) is 15.7 Å². The molecule has 3 aromatic rings. The van der Waals surface area contributed by atoms with E-state index in [4.69, 9.17) is 0 Å². The van der Waals surface area contributed by atoms with E-state index in [0.29, 0.717) is 17.1 Å². The maximum Gasteiger partial charge on any atom is 0.274 e. The molecule has 0 bridgehead atoms. The molecule has 0 aliphatic heterocycles. The number of anilines is 1. The van der Waals surface area contributed by atoms with Gasteiger partial charge in [0.25, 0.3) is 5.91 Å². The van der Waals surface area contributed by atoms with E-state index in [1.807, 2.05) is 32.3 Å². The van der Waals surface area contributed by atoms with Gasteiger partial charge in [-0.1, -0.05) is 6.07 Å². The molecule has 0 unspecified atom stereocenters. The van der Waals surface area contributed by atoms with Gasteiger partial charge in [0.1, 0.15) is 5.69 Å². The lowest BCUT2D eigenvalue weighted by Gasteiger charge is -2.08. The van der Waals surface area contributed by atoms with Gasteiger partial charge in [-0.3, -0.25) is 14.5 Å². The van der Waals surface area contributed by atoms with Crippen LogP contribution in [0.25, 0.3) is 11.3 Å². The van der Waals surface area contributed by atoms with Crippen molar-refractivity contribution in [2.45, 2.75) is 6.92 Å². The molecular formula is C16H14BrN5O. The predicted octanol–water partition coefficient (Wildman–Crippen LogP) is 3.20. The summed E-state index contributed by atoms with van der Waals surface area (Å²) < 4.78 is 2.50. The van der Waals surface area contributed by atoms with Gasteiger partial charge < -0.3 is 5.32 Å². The van der Waals surface area contributed by atoms with E-state index in [9.17, 15) is 4.79 Å². The van der Waals surface area contributed by atoms with E-state index in [2.05, 4.69) is 36.3 Å². The smallest absolute Gasteiger partial charge is 0.274 e. The zero-order chi connectivity index (χ0) is 16.4. The first-order valence-corrected chi connectivity index (χ1v) is 7.72. The molecule has 0 aliphatic carbocycles. The Balaban J connectivity index is 1.87. The fraction of sp³-hybridized carbons (Fsp3) is 0.125. The molecule has 0 aliphatic rings. The van der Waals surface area contributed by atoms with E-state index in [-0.39, 0.29) is 5.91 Å². The number of carbonyl (C=O) groups is 1. The summed E-state index contributed by atoms with van der Waals surface area (Å²) in [5.74, 6) is -0.279. The molecule has 3 rings (SSSR count). The molecule has 3 heterocycles. The standard InChI is InChI=1S/C16H14BrN5O/c1-10-15(6-12(17)8-18-10)21-16(23)14-5-3-4-13(20-14)11-7-19-22(2)9-11/h3-9H,1-2H3,(H,21,23). The summed E-state index contributed by atoms with van der Waals surface area (Å²) in [4.78, 5) is 21.0. The van der Waals surface area contributed by atoms with Crippen molar-refractivity contribution in [1.82, 2.24) is 19.7 Å². The number of carbonyl (C=O) groups excluding carboxylic acids is 1. The van der Waals surface area contributed by atoms with E-state index in [1.165, 1.54) is 0 Å². The average molecular weight is 372 g/mol. The Morgan fingerprint density at radius 1 is 1.30 bits per heavy atom. The van der Waals surface area contributed by atoms with Gasteiger partial charge in [-0.25, -0.2) is 4.98 Å². The highest BCUT2D eigenvalue weighted by atomic mass is 79.9. The Morgan fingerprint density at radius 2 is 2.13 bits per heavy atom. The van der Waals surface area contributed by atoms with Crippen LogP contribution in [0, 0.1) is 6.92 Å². The largest absolute Gasteiger partial charge is 0.319 e. The number of rotatable bonds is 3. The summed E-state index contributed by atoms with van der Waals surface area (Å²) in [6.07, 6.45) is 5.26. The SMILES string of the molecule is Cc1ncc(Br)cc1NC(=O)c1cccc(-c2cnn(C)c2)n1. The van der Waals surface area contributed by atoms with Crippen LogP contribution in [0.1, 0.15) is 16.2 Å². The van der Waals surface area contributed by atoms with Crippen molar-refractivity contribution in [3.63, 3.8) is 0 Å². The van der Waals surface area contributed by atoms with E-state index >= 15 is 0 Å². The van der Waals surface area contributed by atoms with E-state index in [1.54, 1.807) is 29.2 Å². The zero-order valence-corrected chi connectivity index (χ0v) is 14.2. The van der Waals surface area contributed by atoms with Crippen molar-refractivity contribution in [3.05, 3.63) is 58.7 Å². The van der Waals surface area contributed by atoms with Crippen molar-refractivity contribution in [1.29, 1.82) is 0 Å². The summed E-state index contributed by atoms with van der Waals surface area (Å²) in [5.41, 5.74) is 3.30. The molecule has 1 N–H and O–H groups in total. The van der Waals surface area contributed by atoms with Crippen molar-refractivity contribution in [2.75, 3.05) is 5.32 Å². The number of hydrogen-bond donors (Lipinski definition) is 1. The summed E-state index contributed by atoms with van der Waals surface area (Å²) in [7, 11) is 1.84. The number of hydrogen-bond acceptors (Lipinski definition) is 4. The second kappa shape index (κ2) is 6.29. The molecule has 3 aromatic heterocycles. The first kappa shape index (κ1) is 15.4. The highest BCUT2D eigenvalue weighted by Gasteiger charge is 2.12. The van der Waals surface area contributed by atoms with Crippen molar-refractivity contribution in [3.8, 4) is 11.3 Å². The summed E-state index contributed by atoms with van der Waals surface area (Å²) in [5, 5.41) is 6.96. The molecular weight excluding hydrogens is 358 g/mol. The monoisotopic (exact) mass is 371 g/mol. The predicted molar refractivity (Wildman–Crippen MR) is 91.1 cm³/mol. The number of halogens is 1. The van der Waals surface area contributed by atoms with Crippen LogP contribution < -0.4 is 5.32 Å². The van der Waals surface area contributed by atoms with Gasteiger partial charge in [0.05, 0.1) is 23.3 Å². The molecule has 0 saturated heterocycles. The first-order chi connectivity index (χ1) is 11.0. The van der Waals surface area contributed by atoms with Crippen LogP contribution in [0.4, 0.5) is 5.69 Å². The van der Waals surface area contributed by atoms with Crippen molar-refractivity contribution >= 4 is 27.5 Å².